The van der Waals surface area contributed by atoms with Gasteiger partial charge in [0, 0.05) is 17.5 Å². The molecule has 0 bridgehead atoms. The summed E-state index contributed by atoms with van der Waals surface area (Å²) in [7, 11) is 0. The molecule has 0 aliphatic rings. The monoisotopic (exact) mass is 469 g/mol. The second kappa shape index (κ2) is 9.08. The van der Waals surface area contributed by atoms with Crippen LogP contribution in [0.1, 0.15) is 22.4 Å². The van der Waals surface area contributed by atoms with Gasteiger partial charge in [-0.15, -0.1) is 0 Å². The van der Waals surface area contributed by atoms with Crippen molar-refractivity contribution in [3.8, 4) is 0 Å². The molecule has 0 spiro atoms. The first-order chi connectivity index (χ1) is 15.3. The minimum atomic E-state index is -5.04. The zero-order valence-electron chi connectivity index (χ0n) is 16.8. The third-order valence-electron chi connectivity index (χ3n) is 4.76. The molecule has 0 saturated carbocycles. The van der Waals surface area contributed by atoms with E-state index in [1.807, 2.05) is 12.1 Å². The summed E-state index contributed by atoms with van der Waals surface area (Å²) in [4.78, 5) is 28.5. The normalized spacial score (nSPS) is 13.0. The van der Waals surface area contributed by atoms with Crippen LogP contribution >= 0.6 is 0 Å². The van der Waals surface area contributed by atoms with Gasteiger partial charge in [-0.05, 0) is 35.9 Å². The van der Waals surface area contributed by atoms with Crippen molar-refractivity contribution in [1.29, 1.82) is 0 Å². The summed E-state index contributed by atoms with van der Waals surface area (Å²) in [5, 5.41) is 3.10. The van der Waals surface area contributed by atoms with Crippen LogP contribution in [0, 0.1) is 0 Å². The summed E-state index contributed by atoms with van der Waals surface area (Å²) in [6.07, 6.45) is -11.0. The fraction of sp³-hybridized carbons (Fsp3) is 0.227. The molecule has 0 fully saturated rings. The van der Waals surface area contributed by atoms with E-state index in [0.717, 1.165) is 5.39 Å². The Kier molecular flexibility index (Phi) is 6.61. The first-order valence-electron chi connectivity index (χ1n) is 9.54. The molecule has 3 N–H and O–H groups in total. The van der Waals surface area contributed by atoms with E-state index < -0.39 is 53.3 Å². The van der Waals surface area contributed by atoms with Gasteiger partial charge < -0.3 is 11.1 Å². The van der Waals surface area contributed by atoms with Gasteiger partial charge in [-0.2, -0.15) is 26.3 Å². The van der Waals surface area contributed by atoms with Crippen molar-refractivity contribution in [2.75, 3.05) is 0 Å². The third-order valence-corrected chi connectivity index (χ3v) is 4.76. The maximum atomic E-state index is 13.0. The predicted molar refractivity (Wildman–Crippen MR) is 107 cm³/mol. The molecule has 1 aromatic heterocycles. The molecule has 3 rings (SSSR count). The zero-order chi connectivity index (χ0) is 24.4. The molecule has 0 aliphatic heterocycles. The third kappa shape index (κ3) is 6.21. The number of nitrogens with two attached hydrogens (primary N) is 1. The van der Waals surface area contributed by atoms with E-state index in [-0.39, 0.29) is 12.5 Å². The number of alkyl halides is 6. The van der Waals surface area contributed by atoms with Crippen LogP contribution < -0.4 is 11.1 Å². The number of nitrogens with zero attached hydrogens (tertiary/aromatic N) is 1. The molecule has 3 aromatic rings. The lowest BCUT2D eigenvalue weighted by molar-refractivity contribution is -0.143. The second-order valence-corrected chi connectivity index (χ2v) is 7.31. The Hall–Kier alpha value is -3.63. The van der Waals surface area contributed by atoms with Gasteiger partial charge in [0.05, 0.1) is 23.1 Å². The van der Waals surface area contributed by atoms with Crippen LogP contribution in [0.4, 0.5) is 26.3 Å². The number of carbonyl (C=O) groups is 2. The zero-order valence-corrected chi connectivity index (χ0v) is 16.8. The van der Waals surface area contributed by atoms with Crippen molar-refractivity contribution in [3.05, 3.63) is 77.0 Å². The molecule has 1 atom stereocenters. The van der Waals surface area contributed by atoms with E-state index in [4.69, 9.17) is 5.73 Å². The van der Waals surface area contributed by atoms with Crippen LogP contribution in [0.3, 0.4) is 0 Å². The molecule has 0 saturated heterocycles. The number of fused-ring (bicyclic) bond motifs is 1. The number of primary amides is 1. The van der Waals surface area contributed by atoms with E-state index in [0.29, 0.717) is 23.3 Å². The van der Waals surface area contributed by atoms with E-state index in [2.05, 4.69) is 10.3 Å². The Balaban J connectivity index is 1.79. The molecule has 2 aromatic carbocycles. The van der Waals surface area contributed by atoms with Gasteiger partial charge in [-0.25, -0.2) is 0 Å². The lowest BCUT2D eigenvalue weighted by atomic mass is 10.0. The number of para-hydroxylation sites is 1. The van der Waals surface area contributed by atoms with Crippen molar-refractivity contribution in [2.45, 2.75) is 31.2 Å². The number of carbonyl (C=O) groups excluding carboxylic acids is 2. The standard InChI is InChI=1S/C22H17F6N3O2/c23-21(24,25)14-7-12(8-15(10-14)22(26,27)28)9-19(32)31-18(20(29)33)11-16-6-5-13-3-1-2-4-17(13)30-16/h1-8,10,18H,9,11H2,(H2,29,33)(H,31,32)/t18-/m0/s1. The number of amides is 2. The summed E-state index contributed by atoms with van der Waals surface area (Å²) < 4.78 is 78.0. The fourth-order valence-electron chi connectivity index (χ4n) is 3.21. The van der Waals surface area contributed by atoms with Gasteiger partial charge in [0.2, 0.25) is 11.8 Å². The number of rotatable bonds is 6. The Morgan fingerprint density at radius 3 is 2.09 bits per heavy atom. The quantitative estimate of drug-likeness (QED) is 0.535. The molecule has 11 heteroatoms. The second-order valence-electron chi connectivity index (χ2n) is 7.31. The lowest BCUT2D eigenvalue weighted by Gasteiger charge is -2.17. The summed E-state index contributed by atoms with van der Waals surface area (Å²) in [5.41, 5.74) is 2.79. The molecule has 5 nitrogen and oxygen atoms in total. The van der Waals surface area contributed by atoms with Gasteiger partial charge >= 0.3 is 12.4 Å². The highest BCUT2D eigenvalue weighted by atomic mass is 19.4. The SMILES string of the molecule is NC(=O)[C@H](Cc1ccc2ccccc2n1)NC(=O)Cc1cc(C(F)(F)F)cc(C(F)(F)F)c1. The molecule has 174 valence electrons. The Labute approximate surface area is 183 Å². The average Bonchev–Trinajstić information content (AvgIpc) is 2.71. The molecule has 0 aliphatic carbocycles. The number of hydrogen-bond acceptors (Lipinski definition) is 3. The Bertz CT molecular complexity index is 1160. The topological polar surface area (TPSA) is 85.1 Å². The number of hydrogen-bond donors (Lipinski definition) is 2. The van der Waals surface area contributed by atoms with Crippen LogP contribution in [0.5, 0.6) is 0 Å². The Morgan fingerprint density at radius 2 is 1.52 bits per heavy atom. The maximum absolute atomic E-state index is 13.0. The van der Waals surface area contributed by atoms with E-state index >= 15 is 0 Å². The summed E-state index contributed by atoms with van der Waals surface area (Å²) in [6, 6.07) is 10.1. The minimum Gasteiger partial charge on any atom is -0.368 e. The number of pyridine rings is 1. The van der Waals surface area contributed by atoms with Crippen molar-refractivity contribution in [1.82, 2.24) is 10.3 Å². The van der Waals surface area contributed by atoms with Crippen molar-refractivity contribution in [3.63, 3.8) is 0 Å². The van der Waals surface area contributed by atoms with Gasteiger partial charge in [-0.3, -0.25) is 14.6 Å². The van der Waals surface area contributed by atoms with Crippen LogP contribution in [-0.2, 0) is 34.8 Å². The summed E-state index contributed by atoms with van der Waals surface area (Å²) >= 11 is 0. The average molecular weight is 469 g/mol. The highest BCUT2D eigenvalue weighted by molar-refractivity contribution is 5.88. The molecule has 33 heavy (non-hydrogen) atoms. The van der Waals surface area contributed by atoms with Gasteiger partial charge in [0.15, 0.2) is 0 Å². The highest BCUT2D eigenvalue weighted by Crippen LogP contribution is 2.36. The molecule has 0 unspecified atom stereocenters. The first kappa shape index (κ1) is 24.0. The number of nitrogens with one attached hydrogen (secondary N) is 1. The minimum absolute atomic E-state index is 0.0288. The van der Waals surface area contributed by atoms with E-state index in [9.17, 15) is 35.9 Å². The molecular formula is C22H17F6N3O2. The van der Waals surface area contributed by atoms with Crippen LogP contribution in [0.2, 0.25) is 0 Å². The number of aromatic nitrogens is 1. The number of benzene rings is 2. The summed E-state index contributed by atoms with van der Waals surface area (Å²) in [5.74, 6) is -1.90. The largest absolute Gasteiger partial charge is 0.416 e. The van der Waals surface area contributed by atoms with Crippen LogP contribution in [-0.4, -0.2) is 22.8 Å². The predicted octanol–water partition coefficient (Wildman–Crippen LogP) is 4.03. The van der Waals surface area contributed by atoms with Crippen molar-refractivity contribution in [2.24, 2.45) is 5.73 Å². The smallest absolute Gasteiger partial charge is 0.368 e. The van der Waals surface area contributed by atoms with E-state index in [1.165, 1.54) is 0 Å². The van der Waals surface area contributed by atoms with Crippen molar-refractivity contribution >= 4 is 22.7 Å². The van der Waals surface area contributed by atoms with Gasteiger partial charge in [0.25, 0.3) is 0 Å². The van der Waals surface area contributed by atoms with Crippen LogP contribution in [0.25, 0.3) is 10.9 Å². The first-order valence-corrected chi connectivity index (χ1v) is 9.54. The summed E-state index contributed by atoms with van der Waals surface area (Å²) in [6.45, 7) is 0. The lowest BCUT2D eigenvalue weighted by Crippen LogP contribution is -2.46. The van der Waals surface area contributed by atoms with Gasteiger partial charge in [0.1, 0.15) is 6.04 Å². The fourth-order valence-corrected chi connectivity index (χ4v) is 3.21. The maximum Gasteiger partial charge on any atom is 0.416 e. The molecule has 2 amide bonds. The van der Waals surface area contributed by atoms with Crippen molar-refractivity contribution < 1.29 is 35.9 Å². The Morgan fingerprint density at radius 1 is 0.909 bits per heavy atom. The van der Waals surface area contributed by atoms with Crippen LogP contribution in [0.15, 0.2) is 54.6 Å². The molecular weight excluding hydrogens is 452 g/mol. The number of halogens is 6. The molecule has 1 heterocycles. The molecule has 0 radical (unpaired) electrons. The van der Waals surface area contributed by atoms with E-state index in [1.54, 1.807) is 24.3 Å². The van der Waals surface area contributed by atoms with Gasteiger partial charge in [-0.1, -0.05) is 24.3 Å². The highest BCUT2D eigenvalue weighted by Gasteiger charge is 2.37.